The molecule has 4 nitrogen and oxygen atoms in total. The first-order chi connectivity index (χ1) is 2.64. The molecule has 1 atom stereocenters. The zero-order valence-corrected chi connectivity index (χ0v) is 3.50. The van der Waals surface area contributed by atoms with Crippen molar-refractivity contribution in [2.75, 3.05) is 7.05 Å². The minimum absolute atomic E-state index is 0.500. The Morgan fingerprint density at radius 3 is 2.00 bits per heavy atom. The topological polar surface area (TPSA) is 69.7 Å². The van der Waals surface area contributed by atoms with Gasteiger partial charge in [-0.3, -0.25) is 5.73 Å². The maximum absolute atomic E-state index is 8.09. The molecule has 0 spiro atoms. The number of hydrogen-bond acceptors (Lipinski definition) is 4. The van der Waals surface area contributed by atoms with Crippen LogP contribution in [0.5, 0.6) is 0 Å². The molecule has 0 rings (SSSR count). The average Bonchev–Trinajstić information content (AvgIpc) is 1.36. The van der Waals surface area contributed by atoms with Gasteiger partial charge in [0.1, 0.15) is 0 Å². The van der Waals surface area contributed by atoms with E-state index in [2.05, 4.69) is 5.73 Å². The molecular weight excluding hydrogens is 84.0 g/mol. The smallest absolute Gasteiger partial charge is 0.182 e. The Labute approximate surface area is 35.7 Å². The molecule has 0 aliphatic heterocycles. The van der Waals surface area contributed by atoms with Gasteiger partial charge >= 0.3 is 0 Å². The molecule has 1 unspecified atom stereocenters. The van der Waals surface area contributed by atoms with E-state index < -0.39 is 6.35 Å². The van der Waals surface area contributed by atoms with Gasteiger partial charge in [0, 0.05) is 7.05 Å². The molecule has 0 fully saturated rings. The SMILES string of the molecule is CN(O)C(N)O. The Balaban J connectivity index is 2.99. The fraction of sp³-hybridized carbons (Fsp3) is 1.00. The second-order valence-corrected chi connectivity index (χ2v) is 0.987. The summed E-state index contributed by atoms with van der Waals surface area (Å²) >= 11 is 0. The van der Waals surface area contributed by atoms with E-state index in [4.69, 9.17) is 10.3 Å². The van der Waals surface area contributed by atoms with Crippen molar-refractivity contribution in [2.24, 2.45) is 5.73 Å². The summed E-state index contributed by atoms with van der Waals surface area (Å²) in [4.78, 5) is 0. The van der Waals surface area contributed by atoms with Crippen LogP contribution in [0.4, 0.5) is 0 Å². The van der Waals surface area contributed by atoms with E-state index in [-0.39, 0.29) is 0 Å². The summed E-state index contributed by atoms with van der Waals surface area (Å²) in [6.45, 7) is 0. The molecule has 0 saturated heterocycles. The van der Waals surface area contributed by atoms with Crippen LogP contribution in [-0.2, 0) is 0 Å². The van der Waals surface area contributed by atoms with Crippen LogP contribution in [-0.4, -0.2) is 28.8 Å². The van der Waals surface area contributed by atoms with Gasteiger partial charge in [-0.05, 0) is 0 Å². The third kappa shape index (κ3) is 2.10. The predicted octanol–water partition coefficient (Wildman–Crippen LogP) is -1.46. The van der Waals surface area contributed by atoms with Crippen molar-refractivity contribution < 1.29 is 10.3 Å². The molecule has 0 aliphatic carbocycles. The van der Waals surface area contributed by atoms with Crippen molar-refractivity contribution in [1.29, 1.82) is 0 Å². The third-order valence-electron chi connectivity index (χ3n) is 0.383. The van der Waals surface area contributed by atoms with Crippen LogP contribution in [0.15, 0.2) is 0 Å². The lowest BCUT2D eigenvalue weighted by atomic mass is 11.0. The highest BCUT2D eigenvalue weighted by Gasteiger charge is 1.95. The average molecular weight is 92.1 g/mol. The van der Waals surface area contributed by atoms with Gasteiger partial charge < -0.3 is 10.3 Å². The second kappa shape index (κ2) is 2.09. The maximum Gasteiger partial charge on any atom is 0.182 e. The van der Waals surface area contributed by atoms with E-state index >= 15 is 0 Å². The van der Waals surface area contributed by atoms with Gasteiger partial charge in [0.05, 0.1) is 0 Å². The molecule has 0 bridgehead atoms. The summed E-state index contributed by atoms with van der Waals surface area (Å²) in [5.74, 6) is 0. The Hall–Kier alpha value is -0.160. The first-order valence-electron chi connectivity index (χ1n) is 1.50. The van der Waals surface area contributed by atoms with Gasteiger partial charge in [-0.15, -0.1) is 0 Å². The molecule has 4 heteroatoms. The van der Waals surface area contributed by atoms with Crippen molar-refractivity contribution in [3.8, 4) is 0 Å². The summed E-state index contributed by atoms with van der Waals surface area (Å²) in [5, 5.41) is 16.7. The Morgan fingerprint density at radius 1 is 1.83 bits per heavy atom. The van der Waals surface area contributed by atoms with Gasteiger partial charge in [0.2, 0.25) is 0 Å². The van der Waals surface area contributed by atoms with Gasteiger partial charge in [0.15, 0.2) is 6.35 Å². The molecule has 0 heterocycles. The first-order valence-corrected chi connectivity index (χ1v) is 1.50. The Bertz CT molecular complexity index is 30.5. The molecule has 0 radical (unpaired) electrons. The molecule has 4 N–H and O–H groups in total. The van der Waals surface area contributed by atoms with Crippen LogP contribution in [0, 0.1) is 0 Å². The summed E-state index contributed by atoms with van der Waals surface area (Å²) in [6.07, 6.45) is -1.26. The van der Waals surface area contributed by atoms with E-state index in [9.17, 15) is 0 Å². The lowest BCUT2D eigenvalue weighted by molar-refractivity contribution is -0.174. The van der Waals surface area contributed by atoms with Gasteiger partial charge in [-0.25, -0.2) is 0 Å². The standard InChI is InChI=1S/C2H8N2O2/c1-4(6)2(3)5/h2,5-6H,3H2,1H3. The number of hydroxylamine groups is 2. The number of nitrogens with two attached hydrogens (primary N) is 1. The summed E-state index contributed by atoms with van der Waals surface area (Å²) in [6, 6.07) is 0. The molecule has 0 aliphatic rings. The van der Waals surface area contributed by atoms with Crippen molar-refractivity contribution in [3.63, 3.8) is 0 Å². The first kappa shape index (κ1) is 5.84. The molecule has 0 aromatic heterocycles. The van der Waals surface area contributed by atoms with Gasteiger partial charge in [-0.1, -0.05) is 0 Å². The largest absolute Gasteiger partial charge is 0.364 e. The Morgan fingerprint density at radius 2 is 2.00 bits per heavy atom. The van der Waals surface area contributed by atoms with Crippen LogP contribution in [0.1, 0.15) is 0 Å². The molecule has 0 aromatic rings. The number of aliphatic hydroxyl groups is 1. The van der Waals surface area contributed by atoms with E-state index in [0.717, 1.165) is 0 Å². The summed E-state index contributed by atoms with van der Waals surface area (Å²) in [5.41, 5.74) is 4.67. The van der Waals surface area contributed by atoms with Gasteiger partial charge in [0.25, 0.3) is 0 Å². The zero-order valence-electron chi connectivity index (χ0n) is 3.50. The second-order valence-electron chi connectivity index (χ2n) is 0.987. The molecule has 0 aromatic carbocycles. The maximum atomic E-state index is 8.09. The van der Waals surface area contributed by atoms with Crippen LogP contribution >= 0.6 is 0 Å². The van der Waals surface area contributed by atoms with E-state index in [1.807, 2.05) is 0 Å². The normalized spacial score (nSPS) is 15.5. The number of nitrogens with zero attached hydrogens (tertiary/aromatic N) is 1. The van der Waals surface area contributed by atoms with Crippen molar-refractivity contribution >= 4 is 0 Å². The minimum atomic E-state index is -1.26. The van der Waals surface area contributed by atoms with Crippen LogP contribution in [0.2, 0.25) is 0 Å². The van der Waals surface area contributed by atoms with E-state index in [1.165, 1.54) is 7.05 Å². The molecule has 6 heavy (non-hydrogen) atoms. The summed E-state index contributed by atoms with van der Waals surface area (Å²) < 4.78 is 0. The highest BCUT2D eigenvalue weighted by molar-refractivity contribution is 4.24. The zero-order chi connectivity index (χ0) is 5.15. The van der Waals surface area contributed by atoms with Crippen LogP contribution in [0.25, 0.3) is 0 Å². The predicted molar refractivity (Wildman–Crippen MR) is 19.7 cm³/mol. The quantitative estimate of drug-likeness (QED) is 0.273. The monoisotopic (exact) mass is 92.1 g/mol. The van der Waals surface area contributed by atoms with E-state index in [1.54, 1.807) is 0 Å². The number of hydrogen-bond donors (Lipinski definition) is 3. The minimum Gasteiger partial charge on any atom is -0.364 e. The third-order valence-corrected chi connectivity index (χ3v) is 0.383. The highest BCUT2D eigenvalue weighted by Crippen LogP contribution is 1.69. The van der Waals surface area contributed by atoms with Crippen LogP contribution < -0.4 is 5.73 Å². The summed E-state index contributed by atoms with van der Waals surface area (Å²) in [7, 11) is 1.25. The molecule has 38 valence electrons. The fourth-order valence-electron chi connectivity index (χ4n) is 0. The van der Waals surface area contributed by atoms with Crippen molar-refractivity contribution in [2.45, 2.75) is 6.35 Å². The molecule has 0 saturated carbocycles. The van der Waals surface area contributed by atoms with Gasteiger partial charge in [-0.2, -0.15) is 5.06 Å². The lowest BCUT2D eigenvalue weighted by Crippen LogP contribution is -2.35. The van der Waals surface area contributed by atoms with Crippen LogP contribution in [0.3, 0.4) is 0 Å². The fourth-order valence-corrected chi connectivity index (χ4v) is 0. The van der Waals surface area contributed by atoms with E-state index in [0.29, 0.717) is 5.06 Å². The lowest BCUT2D eigenvalue weighted by Gasteiger charge is -2.08. The highest BCUT2D eigenvalue weighted by atomic mass is 16.5. The van der Waals surface area contributed by atoms with Crippen molar-refractivity contribution in [1.82, 2.24) is 5.06 Å². The number of rotatable bonds is 1. The number of aliphatic hydroxyl groups excluding tert-OH is 1. The molecule has 0 amide bonds. The van der Waals surface area contributed by atoms with Crippen molar-refractivity contribution in [3.05, 3.63) is 0 Å². The molecular formula is C2H8N2O2. The Kier molecular flexibility index (Phi) is 2.04.